The molecule has 3 rings (SSSR count). The summed E-state index contributed by atoms with van der Waals surface area (Å²) in [5, 5.41) is 2.55. The van der Waals surface area contributed by atoms with Crippen molar-refractivity contribution in [1.82, 2.24) is 0 Å². The molecule has 0 radical (unpaired) electrons. The Morgan fingerprint density at radius 2 is 2.24 bits per heavy atom. The zero-order chi connectivity index (χ0) is 15.4. The van der Waals surface area contributed by atoms with Crippen LogP contribution in [0.2, 0.25) is 5.02 Å². The van der Waals surface area contributed by atoms with Crippen LogP contribution < -0.4 is 11.1 Å². The molecule has 6 heteroatoms. The van der Waals surface area contributed by atoms with Crippen LogP contribution in [0.25, 0.3) is 0 Å². The fraction of sp³-hybridized carbons (Fsp3) is 0.533. The number of hydrogen-bond acceptors (Lipinski definition) is 3. The van der Waals surface area contributed by atoms with Gasteiger partial charge >= 0.3 is 0 Å². The van der Waals surface area contributed by atoms with E-state index in [0.717, 1.165) is 6.42 Å². The number of fused-ring (bicyclic) bond motifs is 1. The normalized spacial score (nSPS) is 33.2. The van der Waals surface area contributed by atoms with E-state index in [1.165, 1.54) is 12.1 Å². The molecule has 21 heavy (non-hydrogen) atoms. The van der Waals surface area contributed by atoms with Gasteiger partial charge in [-0.25, -0.2) is 4.39 Å². The van der Waals surface area contributed by atoms with Crippen molar-refractivity contribution in [2.75, 3.05) is 11.9 Å². The molecular formula is C15H18ClFN2O2. The van der Waals surface area contributed by atoms with Crippen LogP contribution in [0.4, 0.5) is 10.1 Å². The smallest absolute Gasteiger partial charge is 0.245 e. The number of carbonyl (C=O) groups is 1. The van der Waals surface area contributed by atoms with Gasteiger partial charge in [-0.15, -0.1) is 0 Å². The van der Waals surface area contributed by atoms with Crippen LogP contribution >= 0.6 is 11.6 Å². The largest absolute Gasteiger partial charge is 0.377 e. The number of amides is 1. The summed E-state index contributed by atoms with van der Waals surface area (Å²) >= 11 is 5.73. The minimum absolute atomic E-state index is 0.0162. The summed E-state index contributed by atoms with van der Waals surface area (Å²) in [5.41, 5.74) is 4.89. The summed E-state index contributed by atoms with van der Waals surface area (Å²) in [6.45, 7) is 4.43. The van der Waals surface area contributed by atoms with Crippen LogP contribution in [0.3, 0.4) is 0 Å². The molecule has 1 saturated heterocycles. The lowest BCUT2D eigenvalue weighted by Crippen LogP contribution is -2.79. The van der Waals surface area contributed by atoms with Gasteiger partial charge < -0.3 is 15.8 Å². The first-order chi connectivity index (χ1) is 9.80. The number of nitrogens with one attached hydrogen (secondary N) is 1. The van der Waals surface area contributed by atoms with E-state index in [-0.39, 0.29) is 28.6 Å². The van der Waals surface area contributed by atoms with Crippen molar-refractivity contribution < 1.29 is 13.9 Å². The second-order valence-electron chi connectivity index (χ2n) is 6.33. The molecule has 3 unspecified atom stereocenters. The molecule has 2 fully saturated rings. The van der Waals surface area contributed by atoms with Crippen molar-refractivity contribution in [3.63, 3.8) is 0 Å². The Labute approximate surface area is 127 Å². The van der Waals surface area contributed by atoms with Crippen molar-refractivity contribution >= 4 is 23.2 Å². The summed E-state index contributed by atoms with van der Waals surface area (Å²) in [5.74, 6) is -1.07. The van der Waals surface area contributed by atoms with E-state index in [1.807, 2.05) is 13.8 Å². The van der Waals surface area contributed by atoms with Crippen LogP contribution in [0.5, 0.6) is 0 Å². The molecule has 1 heterocycles. The number of nitrogens with two attached hydrogens (primary N) is 1. The van der Waals surface area contributed by atoms with Gasteiger partial charge in [0, 0.05) is 17.9 Å². The number of rotatable bonds is 2. The van der Waals surface area contributed by atoms with Gasteiger partial charge in [-0.05, 0) is 18.6 Å². The first kappa shape index (κ1) is 14.8. The summed E-state index contributed by atoms with van der Waals surface area (Å²) < 4.78 is 19.6. The molecular weight excluding hydrogens is 295 g/mol. The van der Waals surface area contributed by atoms with Gasteiger partial charge in [-0.3, -0.25) is 4.79 Å². The van der Waals surface area contributed by atoms with Crippen molar-refractivity contribution in [2.45, 2.75) is 31.9 Å². The molecule has 114 valence electrons. The Kier molecular flexibility index (Phi) is 3.28. The van der Waals surface area contributed by atoms with Crippen molar-refractivity contribution in [3.05, 3.63) is 29.0 Å². The maximum atomic E-state index is 13.9. The predicted octanol–water partition coefficient (Wildman–Crippen LogP) is 2.56. The van der Waals surface area contributed by atoms with E-state index in [1.54, 1.807) is 6.07 Å². The number of carbonyl (C=O) groups excluding carboxylic acids is 1. The van der Waals surface area contributed by atoms with Gasteiger partial charge in [0.25, 0.3) is 0 Å². The fourth-order valence-corrected chi connectivity index (χ4v) is 3.85. The third kappa shape index (κ3) is 1.84. The molecule has 2 aliphatic rings. The highest BCUT2D eigenvalue weighted by Gasteiger charge is 2.71. The summed E-state index contributed by atoms with van der Waals surface area (Å²) in [7, 11) is 0. The Bertz CT molecular complexity index is 607. The SMILES string of the molecule is CC1(C)C2OCCC2C1(N)C(=O)Nc1cccc(Cl)c1F. The van der Waals surface area contributed by atoms with Gasteiger partial charge in [0.1, 0.15) is 5.54 Å². The summed E-state index contributed by atoms with van der Waals surface area (Å²) in [6.07, 6.45) is 0.730. The highest BCUT2D eigenvalue weighted by Crippen LogP contribution is 2.58. The molecule has 0 spiro atoms. The van der Waals surface area contributed by atoms with E-state index in [4.69, 9.17) is 22.1 Å². The lowest BCUT2D eigenvalue weighted by molar-refractivity contribution is -0.170. The van der Waals surface area contributed by atoms with Crippen molar-refractivity contribution in [3.8, 4) is 0 Å². The van der Waals surface area contributed by atoms with E-state index < -0.39 is 16.8 Å². The van der Waals surface area contributed by atoms with E-state index in [9.17, 15) is 9.18 Å². The Hall–Kier alpha value is -1.17. The Balaban J connectivity index is 1.87. The van der Waals surface area contributed by atoms with Gasteiger partial charge in [0.05, 0.1) is 16.8 Å². The van der Waals surface area contributed by atoms with Crippen molar-refractivity contribution in [2.24, 2.45) is 17.1 Å². The minimum Gasteiger partial charge on any atom is -0.377 e. The van der Waals surface area contributed by atoms with Crippen molar-refractivity contribution in [1.29, 1.82) is 0 Å². The molecule has 1 amide bonds. The number of ether oxygens (including phenoxy) is 1. The molecule has 1 aromatic carbocycles. The van der Waals surface area contributed by atoms with Gasteiger partial charge in [-0.2, -0.15) is 0 Å². The summed E-state index contributed by atoms with van der Waals surface area (Å²) in [6, 6.07) is 4.48. The molecule has 4 nitrogen and oxygen atoms in total. The van der Waals surface area contributed by atoms with Crippen LogP contribution in [-0.2, 0) is 9.53 Å². The Morgan fingerprint density at radius 3 is 2.95 bits per heavy atom. The Morgan fingerprint density at radius 1 is 1.52 bits per heavy atom. The van der Waals surface area contributed by atoms with E-state index >= 15 is 0 Å². The maximum Gasteiger partial charge on any atom is 0.245 e. The lowest BCUT2D eigenvalue weighted by atomic mass is 9.48. The average molecular weight is 313 g/mol. The molecule has 3 N–H and O–H groups in total. The van der Waals surface area contributed by atoms with Crippen LogP contribution in [0, 0.1) is 17.2 Å². The zero-order valence-corrected chi connectivity index (χ0v) is 12.7. The molecule has 1 saturated carbocycles. The van der Waals surface area contributed by atoms with E-state index in [2.05, 4.69) is 5.32 Å². The van der Waals surface area contributed by atoms with Gasteiger partial charge in [0.2, 0.25) is 5.91 Å². The summed E-state index contributed by atoms with van der Waals surface area (Å²) in [4.78, 5) is 12.6. The number of anilines is 1. The number of benzene rings is 1. The monoisotopic (exact) mass is 312 g/mol. The molecule has 0 aromatic heterocycles. The van der Waals surface area contributed by atoms with Crippen LogP contribution in [0.1, 0.15) is 20.3 Å². The maximum absolute atomic E-state index is 13.9. The topological polar surface area (TPSA) is 64.3 Å². The second kappa shape index (κ2) is 4.66. The lowest BCUT2D eigenvalue weighted by Gasteiger charge is -2.60. The molecule has 3 atom stereocenters. The predicted molar refractivity (Wildman–Crippen MR) is 78.6 cm³/mol. The quantitative estimate of drug-likeness (QED) is 0.882. The molecule has 1 aromatic rings. The highest BCUT2D eigenvalue weighted by atomic mass is 35.5. The van der Waals surface area contributed by atoms with Gasteiger partial charge in [0.15, 0.2) is 5.82 Å². The second-order valence-corrected chi connectivity index (χ2v) is 6.74. The minimum atomic E-state index is -1.07. The number of hydrogen-bond donors (Lipinski definition) is 2. The standard InChI is InChI=1S/C15H18ClFN2O2/c1-14(2)12-8(6-7-21-12)15(14,18)13(20)19-10-5-3-4-9(16)11(10)17/h3-5,8,12H,6-7,18H2,1-2H3,(H,19,20). The molecule has 1 aliphatic heterocycles. The highest BCUT2D eigenvalue weighted by molar-refractivity contribution is 6.31. The van der Waals surface area contributed by atoms with Crippen LogP contribution in [-0.4, -0.2) is 24.2 Å². The molecule has 1 aliphatic carbocycles. The third-order valence-electron chi connectivity index (χ3n) is 5.03. The average Bonchev–Trinajstić information content (AvgIpc) is 2.91. The first-order valence-electron chi connectivity index (χ1n) is 6.96. The zero-order valence-electron chi connectivity index (χ0n) is 12.0. The van der Waals surface area contributed by atoms with E-state index in [0.29, 0.717) is 6.61 Å². The van der Waals surface area contributed by atoms with Crippen LogP contribution in [0.15, 0.2) is 18.2 Å². The fourth-order valence-electron chi connectivity index (χ4n) is 3.67. The third-order valence-corrected chi connectivity index (χ3v) is 5.32. The number of halogens is 2. The molecule has 0 bridgehead atoms. The van der Waals surface area contributed by atoms with Gasteiger partial charge in [-0.1, -0.05) is 31.5 Å². The first-order valence-corrected chi connectivity index (χ1v) is 7.34.